The van der Waals surface area contributed by atoms with Crippen LogP contribution < -0.4 is 5.73 Å². The van der Waals surface area contributed by atoms with Gasteiger partial charge in [-0.3, -0.25) is 0 Å². The molecule has 24 heavy (non-hydrogen) atoms. The highest BCUT2D eigenvalue weighted by atomic mass is 35.5. The molecule has 0 atom stereocenters. The molecule has 1 aromatic heterocycles. The zero-order valence-corrected chi connectivity index (χ0v) is 14.1. The summed E-state index contributed by atoms with van der Waals surface area (Å²) in [6, 6.07) is 15.7. The molecule has 0 saturated heterocycles. The predicted octanol–water partition coefficient (Wildman–Crippen LogP) is 5.01. The van der Waals surface area contributed by atoms with Crippen molar-refractivity contribution in [1.29, 1.82) is 5.26 Å². The van der Waals surface area contributed by atoms with Crippen molar-refractivity contribution < 1.29 is 0 Å². The van der Waals surface area contributed by atoms with Crippen LogP contribution >= 0.6 is 11.6 Å². The quantitative estimate of drug-likeness (QED) is 0.654. The normalized spacial score (nSPS) is 14.2. The molecule has 3 N–H and O–H groups in total. The third-order valence-corrected chi connectivity index (χ3v) is 4.56. The Morgan fingerprint density at radius 2 is 1.92 bits per heavy atom. The molecule has 0 radical (unpaired) electrons. The summed E-state index contributed by atoms with van der Waals surface area (Å²) in [7, 11) is 0. The topological polar surface area (TPSA) is 78.5 Å². The van der Waals surface area contributed by atoms with Gasteiger partial charge in [-0.1, -0.05) is 42.6 Å². The Bertz CT molecular complexity index is 872. The van der Waals surface area contributed by atoms with Crippen LogP contribution in [-0.2, 0) is 0 Å². The van der Waals surface area contributed by atoms with E-state index in [1.165, 1.54) is 31.2 Å². The Labute approximate surface area is 146 Å². The van der Waals surface area contributed by atoms with Crippen LogP contribution in [-0.4, -0.2) is 9.97 Å². The number of aromatic nitrogens is 2. The number of nitrogens with two attached hydrogens (primary N) is 1. The van der Waals surface area contributed by atoms with Crippen LogP contribution in [0.4, 0.5) is 5.95 Å². The second kappa shape index (κ2) is 7.37. The van der Waals surface area contributed by atoms with E-state index in [1.54, 1.807) is 12.1 Å². The molecular formula is C19H19ClN4. The van der Waals surface area contributed by atoms with E-state index in [-0.39, 0.29) is 0 Å². The highest BCUT2D eigenvalue weighted by Crippen LogP contribution is 2.34. The number of benzene rings is 2. The Morgan fingerprint density at radius 1 is 1.17 bits per heavy atom. The summed E-state index contributed by atoms with van der Waals surface area (Å²) in [5.41, 5.74) is 8.85. The van der Waals surface area contributed by atoms with Crippen LogP contribution in [0.15, 0.2) is 42.5 Å². The number of nitrogens with one attached hydrogen (secondary N) is 1. The van der Waals surface area contributed by atoms with Gasteiger partial charge in [-0.15, -0.1) is 0 Å². The van der Waals surface area contributed by atoms with Gasteiger partial charge in [0.1, 0.15) is 11.6 Å². The van der Waals surface area contributed by atoms with E-state index >= 15 is 0 Å². The SMILES string of the molecule is Clc1cccc(C2CCCC2)c1.N#Cc1cccc2[nH]c(N)nc12. The lowest BCUT2D eigenvalue weighted by Gasteiger charge is -2.08. The second-order valence-electron chi connectivity index (χ2n) is 5.97. The van der Waals surface area contributed by atoms with Crippen molar-refractivity contribution in [2.45, 2.75) is 31.6 Å². The maximum Gasteiger partial charge on any atom is 0.198 e. The molecule has 1 aliphatic carbocycles. The molecule has 0 unspecified atom stereocenters. The minimum atomic E-state index is 0.340. The first-order valence-electron chi connectivity index (χ1n) is 8.07. The van der Waals surface area contributed by atoms with E-state index < -0.39 is 0 Å². The molecule has 2 aromatic carbocycles. The third-order valence-electron chi connectivity index (χ3n) is 4.33. The smallest absolute Gasteiger partial charge is 0.198 e. The first-order valence-corrected chi connectivity index (χ1v) is 8.45. The van der Waals surface area contributed by atoms with Crippen LogP contribution in [0.5, 0.6) is 0 Å². The molecule has 5 heteroatoms. The number of rotatable bonds is 1. The van der Waals surface area contributed by atoms with E-state index in [4.69, 9.17) is 22.6 Å². The fourth-order valence-electron chi connectivity index (χ4n) is 3.16. The summed E-state index contributed by atoms with van der Waals surface area (Å²) in [5, 5.41) is 9.57. The van der Waals surface area contributed by atoms with Gasteiger partial charge >= 0.3 is 0 Å². The van der Waals surface area contributed by atoms with Crippen LogP contribution in [0, 0.1) is 11.3 Å². The van der Waals surface area contributed by atoms with Crippen molar-refractivity contribution in [2.75, 3.05) is 5.73 Å². The number of anilines is 1. The standard InChI is InChI=1S/C11H13Cl.C8H6N4/c12-11-7-3-6-10(8-11)9-4-1-2-5-9;9-4-5-2-1-3-6-7(5)12-8(10)11-6/h3,6-9H,1-2,4-5H2;1-3H,(H3,10,11,12). The molecule has 0 aliphatic heterocycles. The molecular weight excluding hydrogens is 320 g/mol. The molecule has 3 aromatic rings. The molecule has 4 nitrogen and oxygen atoms in total. The van der Waals surface area contributed by atoms with Gasteiger partial charge in [-0.25, -0.2) is 4.98 Å². The highest BCUT2D eigenvalue weighted by molar-refractivity contribution is 6.30. The zero-order valence-electron chi connectivity index (χ0n) is 13.3. The fourth-order valence-corrected chi connectivity index (χ4v) is 3.36. The number of aromatic amines is 1. The van der Waals surface area contributed by atoms with Crippen LogP contribution in [0.1, 0.15) is 42.7 Å². The lowest BCUT2D eigenvalue weighted by Crippen LogP contribution is -1.90. The average molecular weight is 339 g/mol. The molecule has 1 heterocycles. The van der Waals surface area contributed by atoms with Gasteiger partial charge in [0.05, 0.1) is 11.1 Å². The Morgan fingerprint density at radius 3 is 2.62 bits per heavy atom. The average Bonchev–Trinajstić information content (AvgIpc) is 3.23. The van der Waals surface area contributed by atoms with Crippen LogP contribution in [0.25, 0.3) is 11.0 Å². The number of H-pyrrole nitrogens is 1. The summed E-state index contributed by atoms with van der Waals surface area (Å²) in [5.74, 6) is 1.12. The summed E-state index contributed by atoms with van der Waals surface area (Å²) in [6.07, 6.45) is 5.47. The third kappa shape index (κ3) is 3.69. The number of nitrogen functional groups attached to an aromatic ring is 1. The lowest BCUT2D eigenvalue weighted by molar-refractivity contribution is 0.723. The van der Waals surface area contributed by atoms with Crippen molar-refractivity contribution in [1.82, 2.24) is 9.97 Å². The van der Waals surface area contributed by atoms with Gasteiger partial charge in [0.25, 0.3) is 0 Å². The first-order chi connectivity index (χ1) is 11.7. The van der Waals surface area contributed by atoms with Crippen molar-refractivity contribution in [2.24, 2.45) is 0 Å². The van der Waals surface area contributed by atoms with E-state index in [2.05, 4.69) is 28.2 Å². The van der Waals surface area contributed by atoms with Crippen molar-refractivity contribution in [3.8, 4) is 6.07 Å². The second-order valence-corrected chi connectivity index (χ2v) is 6.41. The number of hydrogen-bond donors (Lipinski definition) is 2. The lowest BCUT2D eigenvalue weighted by atomic mass is 9.98. The molecule has 1 fully saturated rings. The van der Waals surface area contributed by atoms with Gasteiger partial charge < -0.3 is 10.7 Å². The van der Waals surface area contributed by atoms with Crippen molar-refractivity contribution >= 4 is 28.6 Å². The molecule has 1 aliphatic rings. The minimum absolute atomic E-state index is 0.340. The van der Waals surface area contributed by atoms with E-state index in [0.717, 1.165) is 16.5 Å². The molecule has 0 spiro atoms. The summed E-state index contributed by atoms with van der Waals surface area (Å²) in [4.78, 5) is 6.83. The number of imidazole rings is 1. The zero-order chi connectivity index (χ0) is 16.9. The first kappa shape index (κ1) is 16.4. The number of halogens is 1. The van der Waals surface area contributed by atoms with E-state index in [0.29, 0.717) is 17.0 Å². The number of nitrogens with zero attached hydrogens (tertiary/aromatic N) is 2. The van der Waals surface area contributed by atoms with Gasteiger partial charge in [0.2, 0.25) is 0 Å². The molecule has 122 valence electrons. The molecule has 0 bridgehead atoms. The number of para-hydroxylation sites is 1. The van der Waals surface area contributed by atoms with E-state index in [1.807, 2.05) is 18.2 Å². The Balaban J connectivity index is 0.000000141. The van der Waals surface area contributed by atoms with Crippen molar-refractivity contribution in [3.63, 3.8) is 0 Å². The number of fused-ring (bicyclic) bond motifs is 1. The summed E-state index contributed by atoms with van der Waals surface area (Å²) in [6.45, 7) is 0. The fraction of sp³-hybridized carbons (Fsp3) is 0.263. The molecule has 4 rings (SSSR count). The van der Waals surface area contributed by atoms with Crippen LogP contribution in [0.3, 0.4) is 0 Å². The number of nitriles is 1. The monoisotopic (exact) mass is 338 g/mol. The largest absolute Gasteiger partial charge is 0.369 e. The minimum Gasteiger partial charge on any atom is -0.369 e. The van der Waals surface area contributed by atoms with Gasteiger partial charge in [0, 0.05) is 5.02 Å². The maximum atomic E-state index is 8.70. The summed E-state index contributed by atoms with van der Waals surface area (Å²) >= 11 is 5.92. The maximum absolute atomic E-state index is 8.70. The highest BCUT2D eigenvalue weighted by Gasteiger charge is 2.16. The Hall–Kier alpha value is -2.51. The molecule has 0 amide bonds. The van der Waals surface area contributed by atoms with E-state index in [9.17, 15) is 0 Å². The Kier molecular flexibility index (Phi) is 5.02. The summed E-state index contributed by atoms with van der Waals surface area (Å²) < 4.78 is 0. The van der Waals surface area contributed by atoms with Gasteiger partial charge in [0.15, 0.2) is 5.95 Å². The van der Waals surface area contributed by atoms with Gasteiger partial charge in [-0.2, -0.15) is 5.26 Å². The number of hydrogen-bond acceptors (Lipinski definition) is 3. The van der Waals surface area contributed by atoms with Gasteiger partial charge in [-0.05, 0) is 48.6 Å². The predicted molar refractivity (Wildman–Crippen MR) is 97.9 cm³/mol. The van der Waals surface area contributed by atoms with Crippen molar-refractivity contribution in [3.05, 3.63) is 58.6 Å². The van der Waals surface area contributed by atoms with Crippen LogP contribution in [0.2, 0.25) is 5.02 Å². The molecule has 1 saturated carbocycles.